The van der Waals surface area contributed by atoms with E-state index in [2.05, 4.69) is 0 Å². The van der Waals surface area contributed by atoms with Gasteiger partial charge in [0.1, 0.15) is 5.75 Å². The van der Waals surface area contributed by atoms with E-state index in [0.717, 1.165) is 0 Å². The van der Waals surface area contributed by atoms with Gasteiger partial charge in [-0.15, -0.1) is 0 Å². The van der Waals surface area contributed by atoms with Crippen molar-refractivity contribution in [3.8, 4) is 5.75 Å². The van der Waals surface area contributed by atoms with Gasteiger partial charge in [0.25, 0.3) is 0 Å². The van der Waals surface area contributed by atoms with Crippen LogP contribution in [0.3, 0.4) is 0 Å². The number of rotatable bonds is 0. The molecule has 52 valence electrons. The normalized spacial score (nSPS) is 6.00. The minimum Gasteiger partial charge on any atom is -1.00 e. The first kappa shape index (κ1) is 17.4. The van der Waals surface area contributed by atoms with Gasteiger partial charge in [0.05, 0.1) is 0 Å². The molecule has 1 rings (SSSR count). The van der Waals surface area contributed by atoms with Gasteiger partial charge in [-0.3, -0.25) is 0 Å². The molecule has 0 saturated heterocycles. The average Bonchev–Trinajstić information content (AvgIpc) is 1.69. The minimum atomic E-state index is 0. The average molecular weight is 294 g/mol. The number of hydrogen-bond donors (Lipinski definition) is 1. The van der Waals surface area contributed by atoms with Gasteiger partial charge in [-0.2, -0.15) is 0 Å². The number of hydrogen-bond acceptors (Lipinski definition) is 1. The third-order valence-corrected chi connectivity index (χ3v) is 0.756. The summed E-state index contributed by atoms with van der Waals surface area (Å²) >= 11 is 0. The Morgan fingerprint density at radius 2 is 1.30 bits per heavy atom. The Hall–Kier alpha value is 1.24. The number of aromatic hydroxyl groups is 1. The first-order valence-electron chi connectivity index (χ1n) is 2.13. The molecule has 0 radical (unpaired) electrons. The van der Waals surface area contributed by atoms with Crippen molar-refractivity contribution < 1.29 is 39.1 Å². The Kier molecular flexibility index (Phi) is 17.8. The first-order valence-corrected chi connectivity index (χ1v) is 2.13. The number of halogens is 2. The van der Waals surface area contributed by atoms with Crippen molar-refractivity contribution in [2.45, 2.75) is 0 Å². The summed E-state index contributed by atoms with van der Waals surface area (Å²) in [6, 6.07) is 8.71. The first-order chi connectivity index (χ1) is 3.39. The fourth-order valence-corrected chi connectivity index (χ4v) is 0.428. The molecule has 0 unspecified atom stereocenters. The molecule has 0 fully saturated rings. The smallest absolute Gasteiger partial charge is 1.00 e. The summed E-state index contributed by atoms with van der Waals surface area (Å²) in [5.74, 6) is 0.322. The third kappa shape index (κ3) is 7.35. The van der Waals surface area contributed by atoms with Crippen LogP contribution in [0.1, 0.15) is 0 Å². The van der Waals surface area contributed by atoms with E-state index in [1.165, 1.54) is 0 Å². The van der Waals surface area contributed by atoms with Gasteiger partial charge in [0.15, 0.2) is 0 Å². The topological polar surface area (TPSA) is 20.2 Å². The van der Waals surface area contributed by atoms with E-state index in [1.54, 1.807) is 24.3 Å². The van der Waals surface area contributed by atoms with Crippen molar-refractivity contribution >= 4 is 37.7 Å². The van der Waals surface area contributed by atoms with Crippen molar-refractivity contribution in [1.29, 1.82) is 0 Å². The van der Waals surface area contributed by atoms with E-state index in [4.69, 9.17) is 5.11 Å². The van der Waals surface area contributed by atoms with Gasteiger partial charge in [0, 0.05) is 0 Å². The van der Waals surface area contributed by atoms with Crippen LogP contribution in [0.15, 0.2) is 30.3 Å². The SMILES string of the molecule is Oc1ccccc1.[Br-].[Br-].[Ca+2]. The molecule has 0 aromatic heterocycles. The molecule has 0 spiro atoms. The standard InChI is InChI=1S/C6H6O.2BrH.Ca/c7-6-4-2-1-3-5-6;;;/h1-5,7H;2*1H;/q;;;+2/p-2. The third-order valence-electron chi connectivity index (χ3n) is 0.756. The number of para-hydroxylation sites is 1. The minimum absolute atomic E-state index is 0. The summed E-state index contributed by atoms with van der Waals surface area (Å²) in [7, 11) is 0. The molecule has 10 heavy (non-hydrogen) atoms. The van der Waals surface area contributed by atoms with Crippen LogP contribution in [0.25, 0.3) is 0 Å². The largest absolute Gasteiger partial charge is 2.00 e. The van der Waals surface area contributed by atoms with Crippen LogP contribution < -0.4 is 34.0 Å². The van der Waals surface area contributed by atoms with E-state index in [9.17, 15) is 0 Å². The molecule has 0 saturated carbocycles. The molecule has 1 aromatic carbocycles. The van der Waals surface area contributed by atoms with Crippen molar-refractivity contribution in [1.82, 2.24) is 0 Å². The van der Waals surface area contributed by atoms with Gasteiger partial charge < -0.3 is 39.1 Å². The number of benzene rings is 1. The van der Waals surface area contributed by atoms with Crippen LogP contribution in [0.4, 0.5) is 0 Å². The molecular weight excluding hydrogens is 288 g/mol. The van der Waals surface area contributed by atoms with Crippen molar-refractivity contribution in [3.63, 3.8) is 0 Å². The van der Waals surface area contributed by atoms with Gasteiger partial charge in [-0.1, -0.05) is 18.2 Å². The van der Waals surface area contributed by atoms with Gasteiger partial charge >= 0.3 is 37.7 Å². The molecule has 1 N–H and O–H groups in total. The Morgan fingerprint density at radius 3 is 1.50 bits per heavy atom. The quantitative estimate of drug-likeness (QED) is 0.475. The van der Waals surface area contributed by atoms with E-state index < -0.39 is 0 Å². The number of phenols is 1. The summed E-state index contributed by atoms with van der Waals surface area (Å²) in [4.78, 5) is 0. The molecule has 0 aliphatic heterocycles. The van der Waals surface area contributed by atoms with Crippen LogP contribution in [0.2, 0.25) is 0 Å². The Balaban J connectivity index is -0.000000163. The Labute approximate surface area is 111 Å². The van der Waals surface area contributed by atoms with Gasteiger partial charge in [-0.25, -0.2) is 0 Å². The molecule has 0 aliphatic carbocycles. The Bertz CT molecular complexity index is 146. The summed E-state index contributed by atoms with van der Waals surface area (Å²) in [6.45, 7) is 0. The van der Waals surface area contributed by atoms with E-state index in [-0.39, 0.29) is 71.7 Å². The van der Waals surface area contributed by atoms with E-state index in [1.807, 2.05) is 6.07 Å². The molecule has 1 aromatic rings. The van der Waals surface area contributed by atoms with Crippen molar-refractivity contribution in [2.75, 3.05) is 0 Å². The maximum atomic E-state index is 8.63. The second-order valence-electron chi connectivity index (χ2n) is 1.34. The fourth-order valence-electron chi connectivity index (χ4n) is 0.428. The van der Waals surface area contributed by atoms with Crippen LogP contribution in [-0.2, 0) is 0 Å². The van der Waals surface area contributed by atoms with Crippen molar-refractivity contribution in [2.24, 2.45) is 0 Å². The Morgan fingerprint density at radius 1 is 0.900 bits per heavy atom. The molecule has 1 nitrogen and oxygen atoms in total. The summed E-state index contributed by atoms with van der Waals surface area (Å²) < 4.78 is 0. The van der Waals surface area contributed by atoms with Crippen LogP contribution in [0.5, 0.6) is 5.75 Å². The van der Waals surface area contributed by atoms with Crippen LogP contribution in [-0.4, -0.2) is 42.8 Å². The molecule has 0 heterocycles. The zero-order chi connectivity index (χ0) is 5.11. The van der Waals surface area contributed by atoms with Crippen LogP contribution >= 0.6 is 0 Å². The maximum Gasteiger partial charge on any atom is 2.00 e. The maximum absolute atomic E-state index is 8.63. The molecule has 4 heteroatoms. The van der Waals surface area contributed by atoms with Gasteiger partial charge in [-0.05, 0) is 12.1 Å². The summed E-state index contributed by atoms with van der Waals surface area (Å²) in [5.41, 5.74) is 0. The van der Waals surface area contributed by atoms with Crippen molar-refractivity contribution in [3.05, 3.63) is 30.3 Å². The molecule has 0 bridgehead atoms. The molecular formula is C6H6Br2CaO. The molecule has 0 aliphatic rings. The van der Waals surface area contributed by atoms with E-state index in [0.29, 0.717) is 5.75 Å². The predicted molar refractivity (Wildman–Crippen MR) is 33.9 cm³/mol. The molecule has 0 amide bonds. The van der Waals surface area contributed by atoms with Crippen LogP contribution in [0, 0.1) is 0 Å². The monoisotopic (exact) mass is 292 g/mol. The van der Waals surface area contributed by atoms with E-state index >= 15 is 0 Å². The fraction of sp³-hybridized carbons (Fsp3) is 0. The zero-order valence-electron chi connectivity index (χ0n) is 5.30. The zero-order valence-corrected chi connectivity index (χ0v) is 10.7. The number of phenolic OH excluding ortho intramolecular Hbond substituents is 1. The summed E-state index contributed by atoms with van der Waals surface area (Å²) in [6.07, 6.45) is 0. The molecule has 0 atom stereocenters. The second-order valence-corrected chi connectivity index (χ2v) is 1.34. The second kappa shape index (κ2) is 10.2. The van der Waals surface area contributed by atoms with Gasteiger partial charge in [0.2, 0.25) is 0 Å². The summed E-state index contributed by atoms with van der Waals surface area (Å²) in [5, 5.41) is 8.63. The predicted octanol–water partition coefficient (Wildman–Crippen LogP) is -4.98.